The number of halogens is 1. The van der Waals surface area contributed by atoms with Gasteiger partial charge in [0.2, 0.25) is 0 Å². The lowest BCUT2D eigenvalue weighted by Gasteiger charge is -2.37. The highest BCUT2D eigenvalue weighted by molar-refractivity contribution is 7.99. The van der Waals surface area contributed by atoms with Gasteiger partial charge in [0.05, 0.1) is 23.4 Å². The Balaban J connectivity index is 0.00000120. The molecule has 0 atom stereocenters. The molecule has 18 heavy (non-hydrogen) atoms. The molecule has 3 heteroatoms. The van der Waals surface area contributed by atoms with Gasteiger partial charge in [-0.3, -0.25) is 4.48 Å². The minimum absolute atomic E-state index is 0. The van der Waals surface area contributed by atoms with E-state index in [4.69, 9.17) is 0 Å². The number of para-hydroxylation sites is 2. The first kappa shape index (κ1) is 13.9. The molecule has 2 aromatic rings. The highest BCUT2D eigenvalue weighted by Crippen LogP contribution is 2.51. The van der Waals surface area contributed by atoms with Crippen molar-refractivity contribution in [1.82, 2.24) is 4.48 Å². The van der Waals surface area contributed by atoms with Crippen LogP contribution in [0.4, 0.5) is 11.4 Å². The van der Waals surface area contributed by atoms with Gasteiger partial charge in [-0.2, -0.15) is 0 Å². The normalized spacial score (nSPS) is 15.2. The molecular weight excluding hydrogens is 353 g/mol. The maximum Gasteiger partial charge on any atom is 0.151 e. The van der Waals surface area contributed by atoms with Crippen molar-refractivity contribution in [3.8, 4) is 0 Å². The molecular formula is C15H16INS. The zero-order chi connectivity index (χ0) is 11.9. The summed E-state index contributed by atoms with van der Waals surface area (Å²) < 4.78 is 0.902. The quantitative estimate of drug-likeness (QED) is 0.542. The minimum Gasteiger partial charge on any atom is -1.00 e. The van der Waals surface area contributed by atoms with Gasteiger partial charge in [-0.1, -0.05) is 36.0 Å². The van der Waals surface area contributed by atoms with Crippen LogP contribution >= 0.6 is 11.8 Å². The fourth-order valence-electron chi connectivity index (χ4n) is 2.49. The minimum atomic E-state index is 0. The summed E-state index contributed by atoms with van der Waals surface area (Å²) in [4.78, 5) is 2.77. The Morgan fingerprint density at radius 2 is 1.33 bits per heavy atom. The second kappa shape index (κ2) is 5.23. The van der Waals surface area contributed by atoms with E-state index in [2.05, 4.69) is 62.5 Å². The van der Waals surface area contributed by atoms with Crippen LogP contribution in [-0.2, 0) is 0 Å². The lowest BCUT2D eigenvalue weighted by atomic mass is 10.2. The number of hydrogen-bond acceptors (Lipinski definition) is 1. The van der Waals surface area contributed by atoms with Crippen LogP contribution < -0.4 is 28.5 Å². The Bertz CT molecular complexity index is 522. The Hall–Kier alpha value is -0.520. The van der Waals surface area contributed by atoms with Gasteiger partial charge in [0.25, 0.3) is 0 Å². The molecule has 0 N–H and O–H groups in total. The standard InChI is InChI=1S/C15H16NS.HI/c1-3-16(2)12-8-4-6-10-14(12)17-15-11-7-5-9-13(15)16;/h4-11H,3H2,1-2H3;1H/q+1;/p-1. The van der Waals surface area contributed by atoms with Crippen molar-refractivity contribution in [2.45, 2.75) is 16.7 Å². The highest BCUT2D eigenvalue weighted by Gasteiger charge is 2.35. The zero-order valence-corrected chi connectivity index (χ0v) is 13.5. The van der Waals surface area contributed by atoms with Crippen LogP contribution in [0.25, 0.3) is 0 Å². The van der Waals surface area contributed by atoms with E-state index in [1.54, 1.807) is 0 Å². The van der Waals surface area contributed by atoms with Crippen LogP contribution in [0.2, 0.25) is 0 Å². The van der Waals surface area contributed by atoms with Crippen molar-refractivity contribution in [2.24, 2.45) is 0 Å². The van der Waals surface area contributed by atoms with Crippen molar-refractivity contribution < 1.29 is 24.0 Å². The average Bonchev–Trinajstić information content (AvgIpc) is 2.39. The van der Waals surface area contributed by atoms with Gasteiger partial charge in [-0.25, -0.2) is 0 Å². The van der Waals surface area contributed by atoms with E-state index in [0.717, 1.165) is 11.0 Å². The fraction of sp³-hybridized carbons (Fsp3) is 0.200. The average molecular weight is 369 g/mol. The first-order valence-corrected chi connectivity index (χ1v) is 6.80. The third-order valence-electron chi connectivity index (χ3n) is 3.65. The Morgan fingerprint density at radius 3 is 1.78 bits per heavy atom. The van der Waals surface area contributed by atoms with Crippen LogP contribution in [0.3, 0.4) is 0 Å². The number of nitrogens with zero attached hydrogens (tertiary/aromatic N) is 1. The Morgan fingerprint density at radius 1 is 0.889 bits per heavy atom. The summed E-state index contributed by atoms with van der Waals surface area (Å²) in [6.07, 6.45) is 0. The maximum atomic E-state index is 2.30. The molecule has 2 aromatic carbocycles. The molecule has 0 bridgehead atoms. The van der Waals surface area contributed by atoms with E-state index in [1.165, 1.54) is 21.2 Å². The predicted octanol–water partition coefficient (Wildman–Crippen LogP) is 1.44. The van der Waals surface area contributed by atoms with E-state index >= 15 is 0 Å². The van der Waals surface area contributed by atoms with E-state index in [0.29, 0.717) is 0 Å². The number of fused-ring (bicyclic) bond motifs is 2. The zero-order valence-electron chi connectivity index (χ0n) is 10.6. The second-order valence-corrected chi connectivity index (χ2v) is 5.63. The molecule has 0 unspecified atom stereocenters. The van der Waals surface area contributed by atoms with Crippen LogP contribution in [0.1, 0.15) is 6.92 Å². The predicted molar refractivity (Wildman–Crippen MR) is 74.9 cm³/mol. The molecule has 1 heterocycles. The fourth-order valence-corrected chi connectivity index (χ4v) is 3.77. The summed E-state index contributed by atoms with van der Waals surface area (Å²) in [6.45, 7) is 3.33. The van der Waals surface area contributed by atoms with Crippen LogP contribution in [-0.4, -0.2) is 13.6 Å². The molecule has 0 amide bonds. The highest BCUT2D eigenvalue weighted by atomic mass is 127. The van der Waals surface area contributed by atoms with Gasteiger partial charge >= 0.3 is 0 Å². The van der Waals surface area contributed by atoms with Crippen molar-refractivity contribution in [3.05, 3.63) is 48.5 Å². The molecule has 0 fully saturated rings. The van der Waals surface area contributed by atoms with E-state index in [-0.39, 0.29) is 24.0 Å². The van der Waals surface area contributed by atoms with Crippen molar-refractivity contribution >= 4 is 23.1 Å². The molecule has 0 aromatic heterocycles. The summed E-state index contributed by atoms with van der Waals surface area (Å²) in [5, 5.41) is 0. The Kier molecular flexibility index (Phi) is 4.04. The van der Waals surface area contributed by atoms with Crippen molar-refractivity contribution in [1.29, 1.82) is 0 Å². The first-order chi connectivity index (χ1) is 8.25. The third kappa shape index (κ3) is 1.98. The molecule has 3 rings (SSSR count). The SMILES string of the molecule is CC[N+]1(C)c2ccccc2Sc2ccccc21.[I-]. The number of rotatable bonds is 1. The van der Waals surface area contributed by atoms with Gasteiger partial charge < -0.3 is 24.0 Å². The first-order valence-electron chi connectivity index (χ1n) is 5.98. The Labute approximate surface area is 130 Å². The number of benzene rings is 2. The molecule has 1 nitrogen and oxygen atoms in total. The topological polar surface area (TPSA) is 0 Å². The monoisotopic (exact) mass is 369 g/mol. The molecule has 0 radical (unpaired) electrons. The van der Waals surface area contributed by atoms with Gasteiger partial charge in [0.15, 0.2) is 11.4 Å². The summed E-state index contributed by atoms with van der Waals surface area (Å²) in [6, 6.07) is 17.5. The van der Waals surface area contributed by atoms with Gasteiger partial charge in [0.1, 0.15) is 0 Å². The molecule has 94 valence electrons. The molecule has 0 aliphatic carbocycles. The van der Waals surface area contributed by atoms with E-state index in [1.807, 2.05) is 11.8 Å². The van der Waals surface area contributed by atoms with Crippen molar-refractivity contribution in [3.63, 3.8) is 0 Å². The summed E-state index contributed by atoms with van der Waals surface area (Å²) in [5.74, 6) is 0. The van der Waals surface area contributed by atoms with Crippen LogP contribution in [0.15, 0.2) is 58.3 Å². The van der Waals surface area contributed by atoms with Crippen LogP contribution in [0, 0.1) is 0 Å². The van der Waals surface area contributed by atoms with Gasteiger partial charge in [-0.15, -0.1) is 0 Å². The molecule has 1 aliphatic rings. The number of hydrogen-bond donors (Lipinski definition) is 0. The summed E-state index contributed by atoms with van der Waals surface area (Å²) in [5.41, 5.74) is 2.83. The van der Waals surface area contributed by atoms with Crippen molar-refractivity contribution in [2.75, 3.05) is 13.6 Å². The van der Waals surface area contributed by atoms with Gasteiger partial charge in [-0.05, 0) is 19.1 Å². The smallest absolute Gasteiger partial charge is 0.151 e. The lowest BCUT2D eigenvalue weighted by Crippen LogP contribution is -3.00. The van der Waals surface area contributed by atoms with Crippen LogP contribution in [0.5, 0.6) is 0 Å². The molecule has 0 spiro atoms. The van der Waals surface area contributed by atoms with E-state index in [9.17, 15) is 0 Å². The molecule has 0 saturated carbocycles. The maximum absolute atomic E-state index is 2.30. The molecule has 0 saturated heterocycles. The second-order valence-electron chi connectivity index (χ2n) is 4.55. The summed E-state index contributed by atoms with van der Waals surface area (Å²) in [7, 11) is 2.30. The van der Waals surface area contributed by atoms with Gasteiger partial charge in [0, 0.05) is 12.1 Å². The lowest BCUT2D eigenvalue weighted by molar-refractivity contribution is -0.00000338. The molecule has 1 aliphatic heterocycles. The summed E-state index contributed by atoms with van der Waals surface area (Å²) >= 11 is 1.88. The van der Waals surface area contributed by atoms with E-state index < -0.39 is 0 Å². The third-order valence-corrected chi connectivity index (χ3v) is 4.78. The number of quaternary nitrogens is 1. The largest absolute Gasteiger partial charge is 1.00 e.